The first-order valence-electron chi connectivity index (χ1n) is 13.9. The lowest BCUT2D eigenvalue weighted by molar-refractivity contribution is -0.132. The molecule has 0 saturated carbocycles. The fraction of sp³-hybridized carbons (Fsp3) is 0.419. The molecular weight excluding hydrogens is 524 g/mol. The number of carbonyl (C=O) groups is 2. The van der Waals surface area contributed by atoms with Gasteiger partial charge in [0.1, 0.15) is 18.1 Å². The first-order chi connectivity index (χ1) is 19.9. The van der Waals surface area contributed by atoms with Gasteiger partial charge >= 0.3 is 6.03 Å². The minimum absolute atomic E-state index is 0.0609. The van der Waals surface area contributed by atoms with Crippen molar-refractivity contribution in [2.75, 3.05) is 72.0 Å². The van der Waals surface area contributed by atoms with Crippen molar-refractivity contribution in [2.24, 2.45) is 0 Å². The van der Waals surface area contributed by atoms with Crippen LogP contribution in [0.5, 0.6) is 11.5 Å². The first kappa shape index (κ1) is 30.0. The molecule has 10 nitrogen and oxygen atoms in total. The minimum Gasteiger partial charge on any atom is -0.493 e. The molecule has 0 spiro atoms. The predicted molar refractivity (Wildman–Crippen MR) is 156 cm³/mol. The quantitative estimate of drug-likeness (QED) is 0.335. The lowest BCUT2D eigenvalue weighted by atomic mass is 10.1. The zero-order chi connectivity index (χ0) is 29.0. The van der Waals surface area contributed by atoms with Crippen molar-refractivity contribution in [3.8, 4) is 11.5 Å². The summed E-state index contributed by atoms with van der Waals surface area (Å²) in [6.07, 6.45) is 0.593. The van der Waals surface area contributed by atoms with Crippen molar-refractivity contribution in [1.29, 1.82) is 0 Å². The van der Waals surface area contributed by atoms with Gasteiger partial charge in [-0.3, -0.25) is 9.69 Å². The van der Waals surface area contributed by atoms with Gasteiger partial charge < -0.3 is 33.7 Å². The summed E-state index contributed by atoms with van der Waals surface area (Å²) in [5.41, 5.74) is 1.68. The Morgan fingerprint density at radius 3 is 2.37 bits per heavy atom. The highest BCUT2D eigenvalue weighted by atomic mass is 16.5. The normalized spacial score (nSPS) is 13.4. The van der Waals surface area contributed by atoms with Gasteiger partial charge in [-0.15, -0.1) is 0 Å². The van der Waals surface area contributed by atoms with Crippen LogP contribution in [0.15, 0.2) is 65.1 Å². The summed E-state index contributed by atoms with van der Waals surface area (Å²) in [6, 6.07) is 18.5. The number of urea groups is 1. The number of amides is 3. The first-order valence-corrected chi connectivity index (χ1v) is 13.9. The van der Waals surface area contributed by atoms with Crippen LogP contribution in [0.3, 0.4) is 0 Å². The second-order valence-electron chi connectivity index (χ2n) is 9.94. The summed E-state index contributed by atoms with van der Waals surface area (Å²) in [5.74, 6) is 2.59. The van der Waals surface area contributed by atoms with E-state index in [4.69, 9.17) is 18.6 Å². The highest BCUT2D eigenvalue weighted by Crippen LogP contribution is 2.28. The number of para-hydroxylation sites is 1. The van der Waals surface area contributed by atoms with E-state index < -0.39 is 0 Å². The molecule has 1 N–H and O–H groups in total. The summed E-state index contributed by atoms with van der Waals surface area (Å²) < 4.78 is 22.1. The van der Waals surface area contributed by atoms with Gasteiger partial charge in [0.25, 0.3) is 0 Å². The third-order valence-corrected chi connectivity index (χ3v) is 7.04. The summed E-state index contributed by atoms with van der Waals surface area (Å²) in [5, 5.41) is 2.94. The Morgan fingerprint density at radius 2 is 1.68 bits per heavy atom. The van der Waals surface area contributed by atoms with Crippen molar-refractivity contribution < 1.29 is 28.2 Å². The molecule has 0 bridgehead atoms. The van der Waals surface area contributed by atoms with Crippen molar-refractivity contribution in [3.63, 3.8) is 0 Å². The number of anilines is 1. The van der Waals surface area contributed by atoms with Crippen LogP contribution in [0.1, 0.15) is 17.1 Å². The van der Waals surface area contributed by atoms with Crippen LogP contribution < -0.4 is 14.8 Å². The number of hydrogen-bond donors (Lipinski definition) is 1. The molecule has 220 valence electrons. The molecule has 0 radical (unpaired) electrons. The Morgan fingerprint density at radius 1 is 0.927 bits per heavy atom. The number of furan rings is 1. The second-order valence-corrected chi connectivity index (χ2v) is 9.94. The van der Waals surface area contributed by atoms with Gasteiger partial charge in [0, 0.05) is 38.4 Å². The summed E-state index contributed by atoms with van der Waals surface area (Å²) in [7, 11) is 3.20. The van der Waals surface area contributed by atoms with E-state index >= 15 is 0 Å². The monoisotopic (exact) mass is 564 g/mol. The van der Waals surface area contributed by atoms with E-state index in [0.717, 1.165) is 24.4 Å². The van der Waals surface area contributed by atoms with Gasteiger partial charge in [-0.1, -0.05) is 24.3 Å². The zero-order valence-corrected chi connectivity index (χ0v) is 24.1. The Labute approximate surface area is 241 Å². The molecule has 4 rings (SSSR count). The van der Waals surface area contributed by atoms with E-state index in [-0.39, 0.29) is 18.5 Å². The maximum Gasteiger partial charge on any atom is 0.322 e. The molecule has 1 aliphatic heterocycles. The van der Waals surface area contributed by atoms with E-state index in [1.807, 2.05) is 67.6 Å². The number of aryl methyl sites for hydroxylation is 1. The predicted octanol–water partition coefficient (Wildman–Crippen LogP) is 4.04. The number of nitrogens with zero attached hydrogens (tertiary/aromatic N) is 3. The highest BCUT2D eigenvalue weighted by molar-refractivity contribution is 5.92. The van der Waals surface area contributed by atoms with Crippen LogP contribution in [0.4, 0.5) is 10.5 Å². The number of nitrogens with one attached hydrogen (secondary N) is 1. The fourth-order valence-electron chi connectivity index (χ4n) is 4.68. The zero-order valence-electron chi connectivity index (χ0n) is 24.1. The molecule has 1 fully saturated rings. The molecule has 3 aromatic rings. The third kappa shape index (κ3) is 8.99. The van der Waals surface area contributed by atoms with Crippen molar-refractivity contribution >= 4 is 17.6 Å². The molecule has 2 heterocycles. The van der Waals surface area contributed by atoms with E-state index in [9.17, 15) is 9.59 Å². The van der Waals surface area contributed by atoms with E-state index in [1.54, 1.807) is 24.0 Å². The maximum atomic E-state index is 13.8. The van der Waals surface area contributed by atoms with E-state index in [2.05, 4.69) is 10.2 Å². The molecular formula is C31H40N4O6. The number of benzene rings is 2. The molecule has 10 heteroatoms. The molecule has 3 amide bonds. The van der Waals surface area contributed by atoms with Gasteiger partial charge in [0.05, 0.1) is 34.0 Å². The van der Waals surface area contributed by atoms with Crippen LogP contribution in [0.2, 0.25) is 0 Å². The molecule has 0 atom stereocenters. The van der Waals surface area contributed by atoms with Crippen LogP contribution in [-0.4, -0.2) is 93.3 Å². The van der Waals surface area contributed by atoms with Crippen LogP contribution in [0, 0.1) is 6.92 Å². The third-order valence-electron chi connectivity index (χ3n) is 7.04. The Hall–Kier alpha value is -4.02. The number of methoxy groups -OCH3 is 2. The molecule has 0 aliphatic carbocycles. The standard InChI is InChI=1S/C31H40N4O6/c1-24-9-11-27(41-24)22-34(14-13-25-10-12-28(38-2)29(21-25)39-3)30(36)23-35(16-15-33-17-19-40-20-18-33)31(37)32-26-7-5-4-6-8-26/h4-12,21H,13-20,22-23H2,1-3H3,(H,32,37). The molecule has 1 aromatic heterocycles. The van der Waals surface area contributed by atoms with Crippen LogP contribution in [0.25, 0.3) is 0 Å². The van der Waals surface area contributed by atoms with Gasteiger partial charge in [-0.2, -0.15) is 0 Å². The second kappa shape index (κ2) is 15.1. The Bertz CT molecular complexity index is 1260. The number of ether oxygens (including phenoxy) is 3. The number of hydrogen-bond acceptors (Lipinski definition) is 7. The average Bonchev–Trinajstić information content (AvgIpc) is 3.42. The molecule has 0 unspecified atom stereocenters. The van der Waals surface area contributed by atoms with Crippen molar-refractivity contribution in [3.05, 3.63) is 77.7 Å². The van der Waals surface area contributed by atoms with E-state index in [1.165, 1.54) is 0 Å². The minimum atomic E-state index is -0.313. The molecule has 41 heavy (non-hydrogen) atoms. The maximum absolute atomic E-state index is 13.8. The summed E-state index contributed by atoms with van der Waals surface area (Å²) >= 11 is 0. The smallest absolute Gasteiger partial charge is 0.322 e. The topological polar surface area (TPSA) is 96.7 Å². The Kier molecular flexibility index (Phi) is 11.0. The largest absolute Gasteiger partial charge is 0.493 e. The SMILES string of the molecule is COc1ccc(CCN(Cc2ccc(C)o2)C(=O)CN(CCN2CCOCC2)C(=O)Nc2ccccc2)cc1OC. The van der Waals surface area contributed by atoms with E-state index in [0.29, 0.717) is 68.8 Å². The number of morpholine rings is 1. The molecule has 2 aromatic carbocycles. The fourth-order valence-corrected chi connectivity index (χ4v) is 4.68. The van der Waals surface area contributed by atoms with Gasteiger partial charge in [-0.05, 0) is 55.3 Å². The van der Waals surface area contributed by atoms with Crippen molar-refractivity contribution in [1.82, 2.24) is 14.7 Å². The van der Waals surface area contributed by atoms with Crippen LogP contribution in [-0.2, 0) is 22.5 Å². The van der Waals surface area contributed by atoms with Gasteiger partial charge in [0.15, 0.2) is 11.5 Å². The number of rotatable bonds is 13. The highest BCUT2D eigenvalue weighted by Gasteiger charge is 2.24. The summed E-state index contributed by atoms with van der Waals surface area (Å²) in [4.78, 5) is 32.7. The summed E-state index contributed by atoms with van der Waals surface area (Å²) in [6.45, 7) is 6.56. The molecule has 1 saturated heterocycles. The van der Waals surface area contributed by atoms with Gasteiger partial charge in [0.2, 0.25) is 5.91 Å². The lowest BCUT2D eigenvalue weighted by Gasteiger charge is -2.31. The van der Waals surface area contributed by atoms with Crippen LogP contribution >= 0.6 is 0 Å². The molecule has 1 aliphatic rings. The number of carbonyl (C=O) groups excluding carboxylic acids is 2. The van der Waals surface area contributed by atoms with Crippen molar-refractivity contribution in [2.45, 2.75) is 19.9 Å². The average molecular weight is 565 g/mol. The van der Waals surface area contributed by atoms with Gasteiger partial charge in [-0.25, -0.2) is 4.79 Å². The lowest BCUT2D eigenvalue weighted by Crippen LogP contribution is -2.48. The Balaban J connectivity index is 1.48.